The van der Waals surface area contributed by atoms with E-state index in [1.54, 1.807) is 36.4 Å². The number of nitro groups is 1. The maximum atomic E-state index is 14.3. The molecule has 0 amide bonds. The number of hydrogen-bond acceptors (Lipinski definition) is 6. The van der Waals surface area contributed by atoms with Gasteiger partial charge in [-0.2, -0.15) is 4.68 Å². The number of tetrazole rings is 1. The van der Waals surface area contributed by atoms with Gasteiger partial charge in [-0.05, 0) is 22.6 Å². The van der Waals surface area contributed by atoms with Crippen molar-refractivity contribution in [2.75, 3.05) is 5.32 Å². The van der Waals surface area contributed by atoms with E-state index in [2.05, 4.69) is 20.8 Å². The largest absolute Gasteiger partial charge is 0.323 e. The minimum Gasteiger partial charge on any atom is -0.323 e. The summed E-state index contributed by atoms with van der Waals surface area (Å²) < 4.78 is 15.7. The molecule has 0 spiro atoms. The lowest BCUT2D eigenvalue weighted by Crippen LogP contribution is -2.21. The Bertz CT molecular complexity index is 1000. The first-order valence-electron chi connectivity index (χ1n) is 7.39. The Kier molecular flexibility index (Phi) is 3.46. The van der Waals surface area contributed by atoms with E-state index in [0.29, 0.717) is 22.8 Å². The zero-order chi connectivity index (χ0) is 17.4. The number of anilines is 1. The van der Waals surface area contributed by atoms with Crippen LogP contribution in [0, 0.1) is 15.9 Å². The number of nitrogens with one attached hydrogen (secondary N) is 1. The Morgan fingerprint density at radius 3 is 2.84 bits per heavy atom. The molecule has 124 valence electrons. The molecule has 2 aromatic carbocycles. The number of non-ortho nitro benzene ring substituents is 1. The SMILES string of the molecule is O=[N+]([O-])c1cccc(C2=C[C@H](c3ccccc3F)n3nnnc3N2)c1. The maximum Gasteiger partial charge on any atom is 0.270 e. The Morgan fingerprint density at radius 1 is 1.20 bits per heavy atom. The lowest BCUT2D eigenvalue weighted by atomic mass is 10.0. The second-order valence-electron chi connectivity index (χ2n) is 5.43. The normalized spacial score (nSPS) is 15.9. The molecule has 1 aliphatic rings. The quantitative estimate of drug-likeness (QED) is 0.582. The molecule has 0 radical (unpaired) electrons. The van der Waals surface area contributed by atoms with Crippen LogP contribution in [0.4, 0.5) is 16.0 Å². The lowest BCUT2D eigenvalue weighted by molar-refractivity contribution is -0.384. The van der Waals surface area contributed by atoms with E-state index in [1.807, 2.05) is 0 Å². The highest BCUT2D eigenvalue weighted by Crippen LogP contribution is 2.33. The zero-order valence-electron chi connectivity index (χ0n) is 12.7. The summed E-state index contributed by atoms with van der Waals surface area (Å²) in [4.78, 5) is 10.5. The second-order valence-corrected chi connectivity index (χ2v) is 5.43. The monoisotopic (exact) mass is 338 g/mol. The van der Waals surface area contributed by atoms with Gasteiger partial charge in [0.15, 0.2) is 0 Å². The topological polar surface area (TPSA) is 98.8 Å². The van der Waals surface area contributed by atoms with Crippen LogP contribution in [-0.2, 0) is 0 Å². The van der Waals surface area contributed by atoms with Crippen molar-refractivity contribution in [3.8, 4) is 0 Å². The molecule has 0 bridgehead atoms. The van der Waals surface area contributed by atoms with Crippen molar-refractivity contribution in [3.63, 3.8) is 0 Å². The van der Waals surface area contributed by atoms with Gasteiger partial charge >= 0.3 is 0 Å². The number of nitro benzene ring substituents is 1. The number of fused-ring (bicyclic) bond motifs is 1. The van der Waals surface area contributed by atoms with Gasteiger partial charge in [-0.25, -0.2) is 4.39 Å². The van der Waals surface area contributed by atoms with Crippen molar-refractivity contribution in [1.29, 1.82) is 0 Å². The summed E-state index contributed by atoms with van der Waals surface area (Å²) in [6.07, 6.45) is 1.74. The van der Waals surface area contributed by atoms with E-state index in [-0.39, 0.29) is 11.5 Å². The van der Waals surface area contributed by atoms with E-state index < -0.39 is 11.0 Å². The van der Waals surface area contributed by atoms with E-state index in [9.17, 15) is 14.5 Å². The lowest BCUT2D eigenvalue weighted by Gasteiger charge is -2.23. The molecule has 25 heavy (non-hydrogen) atoms. The van der Waals surface area contributed by atoms with E-state index in [0.717, 1.165) is 0 Å². The van der Waals surface area contributed by atoms with Crippen LogP contribution in [0.1, 0.15) is 17.2 Å². The van der Waals surface area contributed by atoms with Gasteiger partial charge in [0.1, 0.15) is 11.9 Å². The molecule has 1 aliphatic heterocycles. The Labute approximate surface area is 140 Å². The van der Waals surface area contributed by atoms with Gasteiger partial charge in [-0.1, -0.05) is 35.4 Å². The number of allylic oxidation sites excluding steroid dienone is 1. The summed E-state index contributed by atoms with van der Waals surface area (Å²) in [5, 5.41) is 25.4. The van der Waals surface area contributed by atoms with Crippen LogP contribution in [0.15, 0.2) is 54.6 Å². The molecule has 8 nitrogen and oxygen atoms in total. The van der Waals surface area contributed by atoms with Gasteiger partial charge in [0.2, 0.25) is 5.95 Å². The van der Waals surface area contributed by atoms with Crippen LogP contribution in [0.2, 0.25) is 0 Å². The predicted molar refractivity (Wildman–Crippen MR) is 87.1 cm³/mol. The molecule has 1 atom stereocenters. The fraction of sp³-hybridized carbons (Fsp3) is 0.0625. The van der Waals surface area contributed by atoms with Crippen LogP contribution in [0.5, 0.6) is 0 Å². The molecule has 0 unspecified atom stereocenters. The molecule has 0 aliphatic carbocycles. The van der Waals surface area contributed by atoms with Crippen molar-refractivity contribution in [3.05, 3.63) is 81.7 Å². The average molecular weight is 338 g/mol. The summed E-state index contributed by atoms with van der Waals surface area (Å²) in [5.74, 6) is -0.0530. The summed E-state index contributed by atoms with van der Waals surface area (Å²) in [7, 11) is 0. The van der Waals surface area contributed by atoms with Gasteiger partial charge in [0, 0.05) is 29.0 Å². The second kappa shape index (κ2) is 5.78. The molecule has 3 aromatic rings. The van der Waals surface area contributed by atoms with Crippen molar-refractivity contribution in [1.82, 2.24) is 20.2 Å². The zero-order valence-corrected chi connectivity index (χ0v) is 12.7. The van der Waals surface area contributed by atoms with Crippen LogP contribution in [-0.4, -0.2) is 25.1 Å². The Morgan fingerprint density at radius 2 is 2.04 bits per heavy atom. The summed E-state index contributed by atoms with van der Waals surface area (Å²) in [6, 6.07) is 11.9. The highest BCUT2D eigenvalue weighted by atomic mass is 19.1. The molecule has 0 saturated heterocycles. The molecule has 9 heteroatoms. The Balaban J connectivity index is 1.83. The van der Waals surface area contributed by atoms with E-state index in [1.165, 1.54) is 22.9 Å². The maximum absolute atomic E-state index is 14.3. The molecule has 2 heterocycles. The molecular formula is C16H11FN6O2. The third kappa shape index (κ3) is 2.61. The van der Waals surface area contributed by atoms with Gasteiger partial charge in [-0.3, -0.25) is 10.1 Å². The fourth-order valence-electron chi connectivity index (χ4n) is 2.75. The molecule has 1 N–H and O–H groups in total. The molecular weight excluding hydrogens is 327 g/mol. The smallest absolute Gasteiger partial charge is 0.270 e. The molecule has 0 fully saturated rings. The molecule has 4 rings (SSSR count). The predicted octanol–water partition coefficient (Wildman–Crippen LogP) is 2.78. The number of halogens is 1. The number of aromatic nitrogens is 4. The van der Waals surface area contributed by atoms with Crippen LogP contribution < -0.4 is 5.32 Å². The van der Waals surface area contributed by atoms with Gasteiger partial charge < -0.3 is 5.32 Å². The van der Waals surface area contributed by atoms with Crippen LogP contribution in [0.3, 0.4) is 0 Å². The van der Waals surface area contributed by atoms with Crippen molar-refractivity contribution < 1.29 is 9.31 Å². The van der Waals surface area contributed by atoms with Crippen LogP contribution >= 0.6 is 0 Å². The van der Waals surface area contributed by atoms with Crippen LogP contribution in [0.25, 0.3) is 5.70 Å². The van der Waals surface area contributed by atoms with E-state index in [4.69, 9.17) is 0 Å². The van der Waals surface area contributed by atoms with Crippen molar-refractivity contribution in [2.24, 2.45) is 0 Å². The summed E-state index contributed by atoms with van der Waals surface area (Å²) in [6.45, 7) is 0. The van der Waals surface area contributed by atoms with Crippen molar-refractivity contribution >= 4 is 17.3 Å². The fourth-order valence-corrected chi connectivity index (χ4v) is 2.75. The average Bonchev–Trinajstić information content (AvgIpc) is 3.10. The number of benzene rings is 2. The van der Waals surface area contributed by atoms with E-state index >= 15 is 0 Å². The minimum absolute atomic E-state index is 0.0344. The first kappa shape index (κ1) is 14.9. The van der Waals surface area contributed by atoms with Crippen molar-refractivity contribution in [2.45, 2.75) is 6.04 Å². The first-order valence-corrected chi connectivity index (χ1v) is 7.39. The first-order chi connectivity index (χ1) is 12.1. The van der Waals surface area contributed by atoms with Gasteiger partial charge in [0.05, 0.1) is 4.92 Å². The van der Waals surface area contributed by atoms with Gasteiger partial charge in [0.25, 0.3) is 5.69 Å². The number of nitrogens with zero attached hydrogens (tertiary/aromatic N) is 5. The summed E-state index contributed by atoms with van der Waals surface area (Å²) in [5.41, 5.74) is 1.53. The van der Waals surface area contributed by atoms with Gasteiger partial charge in [-0.15, -0.1) is 0 Å². The highest BCUT2D eigenvalue weighted by Gasteiger charge is 2.26. The molecule has 0 saturated carbocycles. The minimum atomic E-state index is -0.568. The third-order valence-corrected chi connectivity index (χ3v) is 3.92. The molecule has 1 aromatic heterocycles. The number of rotatable bonds is 3. The third-order valence-electron chi connectivity index (χ3n) is 3.92. The summed E-state index contributed by atoms with van der Waals surface area (Å²) >= 11 is 0. The Hall–Kier alpha value is -3.62. The standard InChI is InChI=1S/C16H11FN6O2/c17-13-7-2-1-6-12(13)15-9-14(18-16-19-20-21-22(15)16)10-4-3-5-11(8-10)23(24)25/h1-9,15H,(H,18,19,21)/t15-/m1/s1. The number of hydrogen-bond donors (Lipinski definition) is 1. The highest BCUT2D eigenvalue weighted by molar-refractivity contribution is 5.77.